The van der Waals surface area contributed by atoms with Crippen LogP contribution in [0.1, 0.15) is 63.5 Å². The molecule has 0 aromatic heterocycles. The summed E-state index contributed by atoms with van der Waals surface area (Å²) < 4.78 is 0. The van der Waals surface area contributed by atoms with Crippen molar-refractivity contribution in [1.82, 2.24) is 21.3 Å². The first kappa shape index (κ1) is 29.5. The minimum Gasteiger partial charge on any atom is -0.480 e. The van der Waals surface area contributed by atoms with Crippen LogP contribution in [-0.2, 0) is 24.0 Å². The number of carboxylic acids is 1. The maximum Gasteiger partial charge on any atom is 0.322 e. The van der Waals surface area contributed by atoms with E-state index >= 15 is 0 Å². The topological polar surface area (TPSA) is 171 Å². The maximum atomic E-state index is 13.4. The average molecular weight is 514 g/mol. The minimum absolute atomic E-state index is 0.0653. The van der Waals surface area contributed by atoms with Gasteiger partial charge in [0.05, 0.1) is 6.04 Å². The Balaban J connectivity index is 2.25. The van der Waals surface area contributed by atoms with Crippen LogP contribution in [0.25, 0.3) is 0 Å². The summed E-state index contributed by atoms with van der Waals surface area (Å²) in [5, 5.41) is 18.8. The molecule has 2 rings (SSSR count). The zero-order chi connectivity index (χ0) is 27.4. The number of ketones is 1. The molecule has 12 heteroatoms. The zero-order valence-corrected chi connectivity index (χ0v) is 21.2. The van der Waals surface area contributed by atoms with Crippen LogP contribution in [0.4, 0.5) is 4.79 Å². The molecule has 37 heavy (non-hydrogen) atoms. The number of aliphatic carboxylic acids is 1. The first-order chi connectivity index (χ1) is 17.6. The van der Waals surface area contributed by atoms with E-state index in [9.17, 15) is 28.8 Å². The van der Waals surface area contributed by atoms with Gasteiger partial charge < -0.3 is 26.4 Å². The molecule has 0 radical (unpaired) electrons. The van der Waals surface area contributed by atoms with Gasteiger partial charge in [-0.15, -0.1) is 0 Å². The number of nitrogens with one attached hydrogen (secondary N) is 4. The van der Waals surface area contributed by atoms with Crippen molar-refractivity contribution in [3.8, 4) is 0 Å². The van der Waals surface area contributed by atoms with Crippen molar-refractivity contribution < 1.29 is 33.9 Å². The second kappa shape index (κ2) is 14.8. The Morgan fingerprint density at radius 3 is 2.16 bits per heavy atom. The van der Waals surface area contributed by atoms with Crippen molar-refractivity contribution in [2.75, 3.05) is 6.54 Å². The third kappa shape index (κ3) is 9.36. The van der Waals surface area contributed by atoms with Gasteiger partial charge >= 0.3 is 5.97 Å². The van der Waals surface area contributed by atoms with Crippen molar-refractivity contribution in [2.45, 2.75) is 70.0 Å². The largest absolute Gasteiger partial charge is 0.480 e. The van der Waals surface area contributed by atoms with E-state index in [-0.39, 0.29) is 18.1 Å². The highest BCUT2D eigenvalue weighted by Gasteiger charge is 2.35. The summed E-state index contributed by atoms with van der Waals surface area (Å²) in [6.45, 7) is 1.03. The van der Waals surface area contributed by atoms with Crippen LogP contribution in [0.5, 0.6) is 0 Å². The molecule has 11 nitrogen and oxygen atoms in total. The molecule has 0 saturated heterocycles. The van der Waals surface area contributed by atoms with Crippen molar-refractivity contribution in [1.29, 1.82) is 0 Å². The Labute approximate surface area is 216 Å². The molecule has 1 fully saturated rings. The third-order valence-corrected chi connectivity index (χ3v) is 6.28. The minimum atomic E-state index is -1.31. The molecule has 1 aromatic rings. The van der Waals surface area contributed by atoms with Gasteiger partial charge in [0, 0.05) is 0 Å². The van der Waals surface area contributed by atoms with Gasteiger partial charge in [-0.25, -0.2) is 0 Å². The van der Waals surface area contributed by atoms with E-state index in [1.807, 2.05) is 5.32 Å². The highest BCUT2D eigenvalue weighted by atomic mass is 16.4. The summed E-state index contributed by atoms with van der Waals surface area (Å²) >= 11 is 0. The molecule has 1 aliphatic carbocycles. The number of hydrogen-bond acceptors (Lipinski definition) is 6. The van der Waals surface area contributed by atoms with Crippen LogP contribution in [0.3, 0.4) is 0 Å². The van der Waals surface area contributed by atoms with Gasteiger partial charge in [0.2, 0.25) is 25.4 Å². The molecular weight excluding hydrogens is 479 g/mol. The van der Waals surface area contributed by atoms with Crippen LogP contribution < -0.4 is 21.3 Å². The van der Waals surface area contributed by atoms with Gasteiger partial charge in [-0.3, -0.25) is 28.8 Å². The fourth-order valence-electron chi connectivity index (χ4n) is 4.48. The molecule has 0 bridgehead atoms. The van der Waals surface area contributed by atoms with E-state index in [0.717, 1.165) is 32.1 Å². The van der Waals surface area contributed by atoms with E-state index in [2.05, 4.69) is 16.0 Å². The standard InChI is InChI=1S/C25H35BN4O7/c1-2-9-17(21(33)24(36)27-14-18(31)32)28-22(34)19(15-10-5-3-6-11-15)29-23(35)20(30-25(26)37)16-12-7-4-8-13-16/h3,5-6,10-11,16-17,19-20H,2,4,7-9,12-14,26H2,1H3,(H,27,36)(H,28,34)(H,29,35)(H,30,37)(H,31,32)/t17?,19-,20-/m0/s1. The van der Waals surface area contributed by atoms with Crippen LogP contribution in [0.15, 0.2) is 30.3 Å². The van der Waals surface area contributed by atoms with Crippen LogP contribution in [0.2, 0.25) is 0 Å². The first-order valence-corrected chi connectivity index (χ1v) is 12.6. The summed E-state index contributed by atoms with van der Waals surface area (Å²) in [4.78, 5) is 74.1. The second-order valence-corrected chi connectivity index (χ2v) is 9.22. The summed E-state index contributed by atoms with van der Waals surface area (Å²) in [6, 6.07) is 5.22. The predicted molar refractivity (Wildman–Crippen MR) is 137 cm³/mol. The molecule has 0 aliphatic heterocycles. The summed E-state index contributed by atoms with van der Waals surface area (Å²) in [6.07, 6.45) is 5.10. The number of hydrogen-bond donors (Lipinski definition) is 5. The second-order valence-electron chi connectivity index (χ2n) is 9.22. The van der Waals surface area contributed by atoms with Gasteiger partial charge in [-0.05, 0) is 30.7 Å². The van der Waals surface area contributed by atoms with Crippen molar-refractivity contribution in [2.24, 2.45) is 5.92 Å². The highest BCUT2D eigenvalue weighted by molar-refractivity contribution is 6.57. The molecule has 0 heterocycles. The molecule has 3 atom stereocenters. The number of benzene rings is 1. The summed E-state index contributed by atoms with van der Waals surface area (Å²) in [5.41, 5.74) is 0.455. The maximum absolute atomic E-state index is 13.4. The lowest BCUT2D eigenvalue weighted by Gasteiger charge is -2.31. The number of Topliss-reactive ketones (excluding diaryl/α,β-unsaturated/α-hetero) is 1. The molecule has 4 amide bonds. The smallest absolute Gasteiger partial charge is 0.322 e. The zero-order valence-electron chi connectivity index (χ0n) is 21.2. The molecule has 5 N–H and O–H groups in total. The Morgan fingerprint density at radius 2 is 1.59 bits per heavy atom. The SMILES string of the molecule is BC(=O)N[C@H](C(=O)N[C@H](C(=O)NC(CCC)C(=O)C(=O)NCC(=O)O)c1ccccc1)C1CCCCC1. The van der Waals surface area contributed by atoms with Crippen LogP contribution >= 0.6 is 0 Å². The Morgan fingerprint density at radius 1 is 0.946 bits per heavy atom. The number of carbonyl (C=O) groups excluding carboxylic acids is 5. The quantitative estimate of drug-likeness (QED) is 0.185. The molecule has 1 saturated carbocycles. The van der Waals surface area contributed by atoms with E-state index in [0.29, 0.717) is 12.0 Å². The summed E-state index contributed by atoms with van der Waals surface area (Å²) in [5.74, 6) is -5.05. The van der Waals surface area contributed by atoms with Gasteiger partial charge in [0.15, 0.2) is 5.81 Å². The van der Waals surface area contributed by atoms with Gasteiger partial charge in [-0.1, -0.05) is 62.9 Å². The number of amides is 4. The normalized spacial score (nSPS) is 15.9. The van der Waals surface area contributed by atoms with E-state index < -0.39 is 54.1 Å². The van der Waals surface area contributed by atoms with Gasteiger partial charge in [0.1, 0.15) is 18.6 Å². The highest BCUT2D eigenvalue weighted by Crippen LogP contribution is 2.27. The molecular formula is C25H35BN4O7. The van der Waals surface area contributed by atoms with Gasteiger partial charge in [-0.2, -0.15) is 0 Å². The Hall–Kier alpha value is -3.70. The number of rotatable bonds is 13. The first-order valence-electron chi connectivity index (χ1n) is 12.6. The fourth-order valence-corrected chi connectivity index (χ4v) is 4.48. The molecule has 1 aliphatic rings. The Bertz CT molecular complexity index is 983. The third-order valence-electron chi connectivity index (χ3n) is 6.28. The molecule has 200 valence electrons. The lowest BCUT2D eigenvalue weighted by atomic mass is 9.83. The molecule has 1 unspecified atom stereocenters. The molecule has 0 spiro atoms. The van der Waals surface area contributed by atoms with Crippen molar-refractivity contribution in [3.63, 3.8) is 0 Å². The van der Waals surface area contributed by atoms with Gasteiger partial charge in [0.25, 0.3) is 5.91 Å². The van der Waals surface area contributed by atoms with Crippen molar-refractivity contribution >= 4 is 43.1 Å². The Kier molecular flexibility index (Phi) is 11.8. The predicted octanol–water partition coefficient (Wildman–Crippen LogP) is 0.190. The monoisotopic (exact) mass is 514 g/mol. The molecule has 1 aromatic carbocycles. The van der Waals surface area contributed by atoms with E-state index in [1.54, 1.807) is 37.3 Å². The fraction of sp³-hybridized carbons (Fsp3) is 0.520. The lowest BCUT2D eigenvalue weighted by Crippen LogP contribution is -2.55. The summed E-state index contributed by atoms with van der Waals surface area (Å²) in [7, 11) is 1.33. The number of carboxylic acid groups (broad SMARTS) is 1. The van der Waals surface area contributed by atoms with Crippen LogP contribution in [0, 0.1) is 5.92 Å². The average Bonchev–Trinajstić information content (AvgIpc) is 2.88. The lowest BCUT2D eigenvalue weighted by molar-refractivity contribution is -0.143. The van der Waals surface area contributed by atoms with Crippen molar-refractivity contribution in [3.05, 3.63) is 35.9 Å². The van der Waals surface area contributed by atoms with E-state index in [4.69, 9.17) is 5.11 Å². The van der Waals surface area contributed by atoms with E-state index in [1.165, 1.54) is 7.85 Å². The van der Waals surface area contributed by atoms with Crippen LogP contribution in [-0.4, -0.2) is 66.9 Å². The number of carbonyl (C=O) groups is 6.